The molecule has 0 bridgehead atoms. The maximum Gasteiger partial charge on any atom is 0.143 e. The summed E-state index contributed by atoms with van der Waals surface area (Å²) in [5, 5.41) is -7.57. The topological polar surface area (TPSA) is 13.1 Å². The molecule has 0 unspecified atom stereocenters. The summed E-state index contributed by atoms with van der Waals surface area (Å²) < 4.78 is 279. The Morgan fingerprint density at radius 2 is 0.824 bits per heavy atom. The van der Waals surface area contributed by atoms with Crippen LogP contribution in [0.1, 0.15) is 41.1 Å². The van der Waals surface area contributed by atoms with E-state index in [-0.39, 0.29) is 0 Å². The number of rotatable bonds is 3. The fourth-order valence-corrected chi connectivity index (χ4v) is 6.50. The van der Waals surface area contributed by atoms with Crippen LogP contribution in [0.15, 0.2) is 186 Å². The van der Waals surface area contributed by atoms with Gasteiger partial charge in [-0.1, -0.05) is 169 Å². The van der Waals surface area contributed by atoms with Crippen LogP contribution in [-0.4, -0.2) is 0 Å². The SMILES string of the molecule is [2H]c1c([2H])c(-c2c([2H])c([2H])c([2H])c3c([2H])c([2H])c4c([2H])c([2H])c([2H])c([2H])c4c23)c([2H])c([2H])c1-c1c2c([2H])c([2H])c([2H])c([2H])c2c(-c2c([2H])c([2H])c([2H])c3oc4c5c([2H])c([2H])c([2H])c([2H])c5c([2H])c([2H])c4c23)c2c([2H])c([2H])c([2H])c([2H])c12. The van der Waals surface area contributed by atoms with Crippen LogP contribution in [0.25, 0.3) is 109 Å². The number of benzene rings is 10. The summed E-state index contributed by atoms with van der Waals surface area (Å²) in [7, 11) is 0. The minimum atomic E-state index is -1.15. The van der Waals surface area contributed by atoms with Gasteiger partial charge >= 0.3 is 0 Å². The molecule has 0 aliphatic carbocycles. The van der Waals surface area contributed by atoms with Crippen molar-refractivity contribution in [2.45, 2.75) is 0 Å². The van der Waals surface area contributed by atoms with Crippen LogP contribution in [0, 0.1) is 0 Å². The van der Waals surface area contributed by atoms with Crippen LogP contribution < -0.4 is 0 Å². The summed E-state index contributed by atoms with van der Waals surface area (Å²) in [4.78, 5) is 0. The number of hydrogen-bond acceptors (Lipinski definition) is 1. The quantitative estimate of drug-likeness (QED) is 0.134. The summed E-state index contributed by atoms with van der Waals surface area (Å²) in [6.07, 6.45) is 0. The van der Waals surface area contributed by atoms with E-state index in [1.54, 1.807) is 0 Å². The average Bonchev–Trinajstić information content (AvgIpc) is 4.08. The maximum absolute atomic E-state index is 9.77. The van der Waals surface area contributed by atoms with Crippen molar-refractivity contribution >= 4 is 75.8 Å². The van der Waals surface area contributed by atoms with Gasteiger partial charge in [0.1, 0.15) is 11.2 Å². The second kappa shape index (κ2) is 10.9. The monoisotopic (exact) mass is 676 g/mol. The van der Waals surface area contributed by atoms with Crippen LogP contribution in [0.4, 0.5) is 0 Å². The number of fused-ring (bicyclic) bond motifs is 10. The van der Waals surface area contributed by atoms with Gasteiger partial charge in [0, 0.05) is 16.2 Å². The molecule has 1 aromatic heterocycles. The summed E-state index contributed by atoms with van der Waals surface area (Å²) in [6.45, 7) is 0. The molecule has 0 aliphatic heterocycles. The summed E-state index contributed by atoms with van der Waals surface area (Å²) in [5.74, 6) is 0. The Bertz CT molecular complexity index is 4820. The lowest BCUT2D eigenvalue weighted by Gasteiger charge is -2.18. The van der Waals surface area contributed by atoms with E-state index in [4.69, 9.17) is 30.5 Å². The van der Waals surface area contributed by atoms with Crippen LogP contribution in [-0.2, 0) is 0 Å². The first-order valence-corrected chi connectivity index (χ1v) is 15.2. The predicted molar refractivity (Wildman–Crippen MR) is 218 cm³/mol. The zero-order valence-electron chi connectivity index (χ0n) is 55.4. The molecule has 0 aliphatic rings. The molecule has 0 fully saturated rings. The molecular weight excluding hydrogens is 617 g/mol. The van der Waals surface area contributed by atoms with Crippen LogP contribution in [0.5, 0.6) is 0 Å². The number of hydrogen-bond donors (Lipinski definition) is 0. The zero-order valence-corrected chi connectivity index (χ0v) is 25.4. The van der Waals surface area contributed by atoms with E-state index in [2.05, 4.69) is 0 Å². The van der Waals surface area contributed by atoms with E-state index < -0.39 is 290 Å². The second-order valence-electron chi connectivity index (χ2n) is 11.3. The molecule has 0 saturated carbocycles. The molecule has 1 heteroatoms. The molecule has 0 radical (unpaired) electrons. The van der Waals surface area contributed by atoms with Crippen molar-refractivity contribution in [2.24, 2.45) is 0 Å². The van der Waals surface area contributed by atoms with Crippen molar-refractivity contribution in [1.82, 2.24) is 0 Å². The maximum atomic E-state index is 9.77. The molecular formula is C50H30O. The van der Waals surface area contributed by atoms with Gasteiger partial charge in [-0.05, 0) is 93.9 Å². The van der Waals surface area contributed by atoms with Gasteiger partial charge in [-0.2, -0.15) is 0 Å². The molecule has 0 spiro atoms. The molecule has 0 N–H and O–H groups in total. The van der Waals surface area contributed by atoms with Gasteiger partial charge in [0.15, 0.2) is 0 Å². The van der Waals surface area contributed by atoms with Gasteiger partial charge in [0.05, 0.1) is 41.1 Å². The van der Waals surface area contributed by atoms with Crippen molar-refractivity contribution in [3.63, 3.8) is 0 Å². The molecule has 51 heavy (non-hydrogen) atoms. The summed E-state index contributed by atoms with van der Waals surface area (Å²) >= 11 is 0. The lowest BCUT2D eigenvalue weighted by Crippen LogP contribution is -1.91. The fraction of sp³-hybridized carbons (Fsp3) is 0. The van der Waals surface area contributed by atoms with E-state index in [1.807, 2.05) is 0 Å². The van der Waals surface area contributed by atoms with Crippen molar-refractivity contribution in [1.29, 1.82) is 0 Å². The lowest BCUT2D eigenvalue weighted by atomic mass is 9.84. The average molecular weight is 677 g/mol. The molecule has 11 rings (SSSR count). The van der Waals surface area contributed by atoms with Gasteiger partial charge in [0.2, 0.25) is 0 Å². The highest BCUT2D eigenvalue weighted by Gasteiger charge is 2.21. The molecule has 0 atom stereocenters. The van der Waals surface area contributed by atoms with Gasteiger partial charge in [-0.15, -0.1) is 0 Å². The summed E-state index contributed by atoms with van der Waals surface area (Å²) in [6, 6.07) is -28.3. The van der Waals surface area contributed by atoms with E-state index in [9.17, 15) is 15.1 Å². The molecule has 0 saturated heterocycles. The van der Waals surface area contributed by atoms with Crippen molar-refractivity contribution in [3.05, 3.63) is 181 Å². The smallest absolute Gasteiger partial charge is 0.143 e. The molecule has 11 aromatic rings. The van der Waals surface area contributed by atoms with Gasteiger partial charge < -0.3 is 4.42 Å². The predicted octanol–water partition coefficient (Wildman–Crippen LogP) is 14.4. The highest BCUT2D eigenvalue weighted by molar-refractivity contribution is 6.27. The Hall–Kier alpha value is -6.70. The third-order valence-corrected chi connectivity index (χ3v) is 8.62. The Balaban J connectivity index is 1.40. The first-order valence-electron chi connectivity index (χ1n) is 30.2. The molecule has 1 heterocycles. The van der Waals surface area contributed by atoms with E-state index in [1.165, 1.54) is 0 Å². The van der Waals surface area contributed by atoms with E-state index >= 15 is 0 Å². The van der Waals surface area contributed by atoms with E-state index in [0.717, 1.165) is 0 Å². The molecule has 236 valence electrons. The highest BCUT2D eigenvalue weighted by Crippen LogP contribution is 2.48. The van der Waals surface area contributed by atoms with Gasteiger partial charge in [-0.3, -0.25) is 0 Å². The van der Waals surface area contributed by atoms with E-state index in [0.29, 0.717) is 0 Å². The Labute approximate surface area is 336 Å². The van der Waals surface area contributed by atoms with Crippen molar-refractivity contribution < 1.29 is 45.5 Å². The van der Waals surface area contributed by atoms with Crippen LogP contribution in [0.2, 0.25) is 0 Å². The fourth-order valence-electron chi connectivity index (χ4n) is 6.50. The van der Waals surface area contributed by atoms with Gasteiger partial charge in [0.25, 0.3) is 0 Å². The second-order valence-corrected chi connectivity index (χ2v) is 11.3. The Morgan fingerprint density at radius 3 is 1.55 bits per heavy atom. The molecule has 10 aromatic carbocycles. The zero-order chi connectivity index (χ0) is 59.6. The molecule has 1 nitrogen and oxygen atoms in total. The first kappa shape index (κ1) is 11.7. The van der Waals surface area contributed by atoms with Gasteiger partial charge in [-0.25, -0.2) is 0 Å². The number of furan rings is 1. The minimum Gasteiger partial charge on any atom is -0.455 e. The van der Waals surface area contributed by atoms with Crippen molar-refractivity contribution in [3.8, 4) is 33.4 Å². The van der Waals surface area contributed by atoms with Crippen LogP contribution in [0.3, 0.4) is 0 Å². The molecule has 0 amide bonds. The Morgan fingerprint density at radius 1 is 0.314 bits per heavy atom. The third-order valence-electron chi connectivity index (χ3n) is 8.62. The largest absolute Gasteiger partial charge is 0.455 e. The van der Waals surface area contributed by atoms with Crippen molar-refractivity contribution in [2.75, 3.05) is 0 Å². The minimum absolute atomic E-state index is 0.476. The third kappa shape index (κ3) is 4.16. The standard InChI is InChI=1S/C50H30O/c1-3-14-36-31(11-1)23-26-34-13-9-20-37(46(34)36)33-24-27-35(28-25-33)47-39-16-5-7-18-41(39)48(42-19-8-6-17-40(42)47)43-21-10-22-45-49(43)44-30-29-32-12-2-4-15-38(32)50(44)51-45/h1-30H/i1D,2D,3D,4D,5D,6D,7D,8D,9D,10D,11D,12D,13D,14D,15D,16D,17D,18D,19D,20D,21D,22D,23D,24D,25D,26D,27D,28D,29D,30D. The first-order chi connectivity index (χ1) is 37.8. The highest BCUT2D eigenvalue weighted by atomic mass is 16.3. The normalized spacial score (nSPS) is 20.2. The summed E-state index contributed by atoms with van der Waals surface area (Å²) in [5.41, 5.74) is -6.03. The Kier molecular flexibility index (Phi) is 2.50. The lowest BCUT2D eigenvalue weighted by molar-refractivity contribution is 0.673. The van der Waals surface area contributed by atoms with Crippen LogP contribution >= 0.6 is 0 Å².